The van der Waals surface area contributed by atoms with Crippen molar-refractivity contribution in [2.45, 2.75) is 31.0 Å². The average molecular weight is 417 g/mol. The van der Waals surface area contributed by atoms with Crippen molar-refractivity contribution in [3.63, 3.8) is 0 Å². The molecule has 0 aliphatic heterocycles. The molecule has 24 heavy (non-hydrogen) atoms. The first-order valence-corrected chi connectivity index (χ1v) is 9.24. The molecule has 0 saturated heterocycles. The van der Waals surface area contributed by atoms with E-state index in [0.29, 0.717) is 16.0 Å². The molecular formula is C13H17BrN6O3S. The van der Waals surface area contributed by atoms with Crippen LogP contribution < -0.4 is 15.8 Å². The summed E-state index contributed by atoms with van der Waals surface area (Å²) in [6, 6.07) is 2.58. The fourth-order valence-electron chi connectivity index (χ4n) is 1.62. The first-order chi connectivity index (χ1) is 11.2. The number of nitrogens with one attached hydrogen (secondary N) is 2. The molecule has 0 spiro atoms. The molecule has 9 nitrogen and oxygen atoms in total. The number of aliphatic hydroxyl groups excluding tert-OH is 1. The van der Waals surface area contributed by atoms with E-state index in [-0.39, 0.29) is 17.0 Å². The highest BCUT2D eigenvalue weighted by Gasteiger charge is 2.13. The molecule has 0 radical (unpaired) electrons. The molecule has 0 fully saturated rings. The molecule has 2 atom stereocenters. The zero-order valence-corrected chi connectivity index (χ0v) is 15.3. The Balaban J connectivity index is 2.18. The van der Waals surface area contributed by atoms with E-state index in [1.807, 2.05) is 6.92 Å². The van der Waals surface area contributed by atoms with Crippen LogP contribution in [0.5, 0.6) is 0 Å². The molecule has 0 bridgehead atoms. The second kappa shape index (κ2) is 7.38. The minimum absolute atomic E-state index is 0.209. The van der Waals surface area contributed by atoms with Gasteiger partial charge in [0, 0.05) is 6.20 Å². The van der Waals surface area contributed by atoms with Crippen molar-refractivity contribution in [2.75, 3.05) is 10.6 Å². The Morgan fingerprint density at radius 2 is 1.96 bits per heavy atom. The number of aliphatic hydroxyl groups is 1. The van der Waals surface area contributed by atoms with Crippen molar-refractivity contribution in [3.8, 4) is 0 Å². The molecule has 0 aliphatic rings. The monoisotopic (exact) mass is 416 g/mol. The number of nitrogens with two attached hydrogens (primary N) is 1. The van der Waals surface area contributed by atoms with Crippen molar-refractivity contribution in [1.82, 2.24) is 15.0 Å². The second-order valence-corrected chi connectivity index (χ2v) is 7.48. The lowest BCUT2D eigenvalue weighted by molar-refractivity contribution is 0.177. The number of pyridine rings is 1. The van der Waals surface area contributed by atoms with Crippen LogP contribution in [0.2, 0.25) is 0 Å². The van der Waals surface area contributed by atoms with Crippen LogP contribution in [0.1, 0.15) is 13.8 Å². The Kier molecular flexibility index (Phi) is 5.70. The molecule has 2 heterocycles. The predicted octanol–water partition coefficient (Wildman–Crippen LogP) is 1.21. The summed E-state index contributed by atoms with van der Waals surface area (Å²) in [6.07, 6.45) is 2.31. The van der Waals surface area contributed by atoms with Gasteiger partial charge >= 0.3 is 0 Å². The molecular weight excluding hydrogens is 400 g/mol. The van der Waals surface area contributed by atoms with E-state index in [1.54, 1.807) is 13.1 Å². The topological polar surface area (TPSA) is 143 Å². The minimum atomic E-state index is -3.84. The largest absolute Gasteiger partial charge is 0.391 e. The number of rotatable bonds is 6. The van der Waals surface area contributed by atoms with E-state index in [4.69, 9.17) is 5.14 Å². The Morgan fingerprint density at radius 1 is 1.25 bits per heavy atom. The zero-order chi connectivity index (χ0) is 17.9. The fraction of sp³-hybridized carbons (Fsp3) is 0.308. The summed E-state index contributed by atoms with van der Waals surface area (Å²) in [6.45, 7) is 3.49. The van der Waals surface area contributed by atoms with Gasteiger partial charge < -0.3 is 15.7 Å². The molecule has 2 rings (SSSR count). The standard InChI is InChI=1S/C13H17BrN6O3S/c1-7(8(2)21)18-12-10(14)6-17-13(20-12)19-9-3-4-11(16-5-9)24(15,22)23/h3-8,21H,1-2H3,(H2,15,22,23)(H2,17,18,19,20)/t7-,8-/m0/s1. The van der Waals surface area contributed by atoms with Crippen LogP contribution in [0.4, 0.5) is 17.5 Å². The first kappa shape index (κ1) is 18.5. The lowest BCUT2D eigenvalue weighted by atomic mass is 10.2. The van der Waals surface area contributed by atoms with Crippen LogP contribution in [0, 0.1) is 0 Å². The predicted molar refractivity (Wildman–Crippen MR) is 93.4 cm³/mol. The van der Waals surface area contributed by atoms with Gasteiger partial charge in [-0.25, -0.2) is 23.5 Å². The maximum absolute atomic E-state index is 11.2. The molecule has 0 aromatic carbocycles. The Hall–Kier alpha value is -1.82. The van der Waals surface area contributed by atoms with E-state index in [1.165, 1.54) is 18.3 Å². The average Bonchev–Trinajstić information content (AvgIpc) is 2.50. The summed E-state index contributed by atoms with van der Waals surface area (Å²) in [7, 11) is -3.84. The van der Waals surface area contributed by atoms with E-state index in [0.717, 1.165) is 0 Å². The number of hydrogen-bond acceptors (Lipinski definition) is 8. The highest BCUT2D eigenvalue weighted by Crippen LogP contribution is 2.23. The van der Waals surface area contributed by atoms with Crippen LogP contribution in [0.25, 0.3) is 0 Å². The van der Waals surface area contributed by atoms with Gasteiger partial charge in [0.1, 0.15) is 5.82 Å². The third kappa shape index (κ3) is 4.84. The van der Waals surface area contributed by atoms with Gasteiger partial charge in [-0.3, -0.25) is 0 Å². The van der Waals surface area contributed by atoms with Gasteiger partial charge in [0.15, 0.2) is 5.03 Å². The number of sulfonamides is 1. The molecule has 5 N–H and O–H groups in total. The third-order valence-corrected chi connectivity index (χ3v) is 4.52. The molecule has 0 saturated carbocycles. The normalized spacial score (nSPS) is 14.0. The van der Waals surface area contributed by atoms with Gasteiger partial charge in [-0.1, -0.05) is 0 Å². The van der Waals surface area contributed by atoms with Crippen LogP contribution in [-0.4, -0.2) is 40.6 Å². The van der Waals surface area contributed by atoms with Crippen LogP contribution >= 0.6 is 15.9 Å². The molecule has 0 unspecified atom stereocenters. The third-order valence-electron chi connectivity index (χ3n) is 3.12. The van der Waals surface area contributed by atoms with Gasteiger partial charge in [-0.05, 0) is 41.9 Å². The Morgan fingerprint density at radius 3 is 2.50 bits per heavy atom. The van der Waals surface area contributed by atoms with Gasteiger partial charge in [0.2, 0.25) is 5.95 Å². The molecule has 2 aromatic rings. The number of nitrogens with zero attached hydrogens (tertiary/aromatic N) is 3. The van der Waals surface area contributed by atoms with E-state index in [9.17, 15) is 13.5 Å². The van der Waals surface area contributed by atoms with Gasteiger partial charge in [-0.2, -0.15) is 4.98 Å². The van der Waals surface area contributed by atoms with Crippen LogP contribution in [0.15, 0.2) is 34.0 Å². The highest BCUT2D eigenvalue weighted by atomic mass is 79.9. The number of primary sulfonamides is 1. The summed E-state index contributed by atoms with van der Waals surface area (Å²) in [4.78, 5) is 12.2. The SMILES string of the molecule is C[C@H](O)[C@H](C)Nc1nc(Nc2ccc(S(N)(=O)=O)nc2)ncc1Br. The van der Waals surface area contributed by atoms with Crippen molar-refractivity contribution < 1.29 is 13.5 Å². The second-order valence-electron chi connectivity index (χ2n) is 5.12. The smallest absolute Gasteiger partial charge is 0.255 e. The quantitative estimate of drug-likeness (QED) is 0.549. The minimum Gasteiger partial charge on any atom is -0.391 e. The van der Waals surface area contributed by atoms with Gasteiger partial charge in [0.25, 0.3) is 10.0 Å². The van der Waals surface area contributed by atoms with Crippen LogP contribution in [0.3, 0.4) is 0 Å². The summed E-state index contributed by atoms with van der Waals surface area (Å²) < 4.78 is 23.0. The first-order valence-electron chi connectivity index (χ1n) is 6.90. The van der Waals surface area contributed by atoms with Crippen molar-refractivity contribution in [1.29, 1.82) is 0 Å². The van der Waals surface area contributed by atoms with E-state index >= 15 is 0 Å². The lowest BCUT2D eigenvalue weighted by Gasteiger charge is -2.18. The maximum Gasteiger partial charge on any atom is 0.255 e. The number of halogens is 1. The summed E-state index contributed by atoms with van der Waals surface area (Å²) >= 11 is 3.34. The van der Waals surface area contributed by atoms with Gasteiger partial charge in [-0.15, -0.1) is 0 Å². The van der Waals surface area contributed by atoms with Gasteiger partial charge in [0.05, 0.1) is 28.5 Å². The van der Waals surface area contributed by atoms with E-state index < -0.39 is 16.1 Å². The number of aromatic nitrogens is 3. The fourth-order valence-corrected chi connectivity index (χ4v) is 2.38. The molecule has 11 heteroatoms. The maximum atomic E-state index is 11.2. The van der Waals surface area contributed by atoms with Crippen molar-refractivity contribution >= 4 is 43.4 Å². The molecule has 130 valence electrons. The van der Waals surface area contributed by atoms with E-state index in [2.05, 4.69) is 41.5 Å². The number of hydrogen-bond donors (Lipinski definition) is 4. The Bertz CT molecular complexity index is 813. The lowest BCUT2D eigenvalue weighted by Crippen LogP contribution is -2.28. The molecule has 0 aliphatic carbocycles. The molecule has 2 aromatic heterocycles. The van der Waals surface area contributed by atoms with Crippen molar-refractivity contribution in [2.24, 2.45) is 5.14 Å². The summed E-state index contributed by atoms with van der Waals surface area (Å²) in [5.74, 6) is 0.790. The zero-order valence-electron chi connectivity index (χ0n) is 12.9. The van der Waals surface area contributed by atoms with Crippen molar-refractivity contribution in [3.05, 3.63) is 29.0 Å². The van der Waals surface area contributed by atoms with Crippen LogP contribution in [-0.2, 0) is 10.0 Å². The summed E-state index contributed by atoms with van der Waals surface area (Å²) in [5.41, 5.74) is 0.499. The number of anilines is 3. The molecule has 0 amide bonds. The summed E-state index contributed by atoms with van der Waals surface area (Å²) in [5, 5.41) is 20.3. The highest BCUT2D eigenvalue weighted by molar-refractivity contribution is 9.10. The Labute approximate surface area is 147 Å².